The Hall–Kier alpha value is -0.200. The molecule has 2 heterocycles. The first-order chi connectivity index (χ1) is 6.27. The molecule has 0 aromatic rings. The maximum atomic E-state index is 9.43. The predicted octanol–water partition coefficient (Wildman–Crippen LogP) is -1.90. The highest BCUT2D eigenvalue weighted by atomic mass is 16.5. The van der Waals surface area contributed by atoms with Crippen LogP contribution in [0.25, 0.3) is 0 Å². The summed E-state index contributed by atoms with van der Waals surface area (Å²) in [6.07, 6.45) is -0.930. The van der Waals surface area contributed by atoms with E-state index in [4.69, 9.17) is 9.47 Å². The van der Waals surface area contributed by atoms with Crippen LogP contribution in [0.5, 0.6) is 0 Å². The second-order valence-electron chi connectivity index (χ2n) is 3.59. The van der Waals surface area contributed by atoms with E-state index in [0.29, 0.717) is 26.4 Å². The molecule has 2 saturated heterocycles. The molecule has 0 saturated carbocycles. The van der Waals surface area contributed by atoms with Crippen molar-refractivity contribution < 1.29 is 19.7 Å². The van der Waals surface area contributed by atoms with Gasteiger partial charge in [0, 0.05) is 0 Å². The van der Waals surface area contributed by atoms with Gasteiger partial charge in [0.15, 0.2) is 0 Å². The third kappa shape index (κ3) is 2.00. The van der Waals surface area contributed by atoms with E-state index in [2.05, 4.69) is 5.32 Å². The van der Waals surface area contributed by atoms with Crippen LogP contribution >= 0.6 is 0 Å². The molecule has 5 nitrogen and oxygen atoms in total. The normalized spacial score (nSPS) is 45.7. The molecule has 3 N–H and O–H groups in total. The van der Waals surface area contributed by atoms with Gasteiger partial charge in [-0.2, -0.15) is 0 Å². The van der Waals surface area contributed by atoms with Gasteiger partial charge in [0.25, 0.3) is 0 Å². The fourth-order valence-electron chi connectivity index (χ4n) is 1.68. The van der Waals surface area contributed by atoms with Gasteiger partial charge in [0.1, 0.15) is 0 Å². The SMILES string of the molecule is OC1COCC1NC1COCC1O. The molecule has 2 fully saturated rings. The number of rotatable bonds is 2. The summed E-state index contributed by atoms with van der Waals surface area (Å²) >= 11 is 0. The zero-order valence-corrected chi connectivity index (χ0v) is 7.35. The van der Waals surface area contributed by atoms with Crippen LogP contribution in [-0.2, 0) is 9.47 Å². The van der Waals surface area contributed by atoms with Crippen LogP contribution in [-0.4, -0.2) is 60.9 Å². The average Bonchev–Trinajstić information content (AvgIpc) is 2.65. The molecule has 4 unspecified atom stereocenters. The lowest BCUT2D eigenvalue weighted by molar-refractivity contribution is 0.109. The van der Waals surface area contributed by atoms with Gasteiger partial charge in [0.2, 0.25) is 0 Å². The van der Waals surface area contributed by atoms with E-state index in [-0.39, 0.29) is 12.1 Å². The van der Waals surface area contributed by atoms with Crippen LogP contribution in [0, 0.1) is 0 Å². The molecule has 0 bridgehead atoms. The standard InChI is InChI=1S/C8H15NO4/c10-7-3-12-1-5(7)9-6-2-13-4-8(6)11/h5-11H,1-4H2. The van der Waals surface area contributed by atoms with Crippen molar-refractivity contribution in [3.63, 3.8) is 0 Å². The number of aliphatic hydroxyl groups excluding tert-OH is 2. The summed E-state index contributed by atoms with van der Waals surface area (Å²) in [6.45, 7) is 1.76. The second-order valence-corrected chi connectivity index (χ2v) is 3.59. The van der Waals surface area contributed by atoms with E-state index in [9.17, 15) is 10.2 Å². The molecule has 0 aromatic heterocycles. The van der Waals surface area contributed by atoms with E-state index >= 15 is 0 Å². The Morgan fingerprint density at radius 2 is 1.31 bits per heavy atom. The average molecular weight is 189 g/mol. The van der Waals surface area contributed by atoms with Gasteiger partial charge in [-0.3, -0.25) is 0 Å². The lowest BCUT2D eigenvalue weighted by Gasteiger charge is -2.21. The van der Waals surface area contributed by atoms with Crippen LogP contribution < -0.4 is 5.32 Å². The molecule has 0 radical (unpaired) electrons. The summed E-state index contributed by atoms with van der Waals surface area (Å²) in [5, 5.41) is 22.0. The highest BCUT2D eigenvalue weighted by Crippen LogP contribution is 2.11. The summed E-state index contributed by atoms with van der Waals surface area (Å²) in [6, 6.07) is -0.136. The largest absolute Gasteiger partial charge is 0.389 e. The Morgan fingerprint density at radius 1 is 0.846 bits per heavy atom. The molecule has 76 valence electrons. The quantitative estimate of drug-likeness (QED) is 0.473. The predicted molar refractivity (Wildman–Crippen MR) is 44.4 cm³/mol. The third-order valence-corrected chi connectivity index (χ3v) is 2.53. The summed E-state index contributed by atoms with van der Waals surface area (Å²) < 4.78 is 10.2. The Balaban J connectivity index is 1.82. The van der Waals surface area contributed by atoms with E-state index in [1.54, 1.807) is 0 Å². The van der Waals surface area contributed by atoms with Crippen LogP contribution in [0.3, 0.4) is 0 Å². The summed E-state index contributed by atoms with van der Waals surface area (Å²) in [4.78, 5) is 0. The summed E-state index contributed by atoms with van der Waals surface area (Å²) in [5.41, 5.74) is 0. The van der Waals surface area contributed by atoms with E-state index in [1.165, 1.54) is 0 Å². The minimum Gasteiger partial charge on any atom is -0.389 e. The van der Waals surface area contributed by atoms with Gasteiger partial charge in [-0.25, -0.2) is 0 Å². The molecule has 13 heavy (non-hydrogen) atoms. The van der Waals surface area contributed by atoms with E-state index in [0.717, 1.165) is 0 Å². The first-order valence-electron chi connectivity index (χ1n) is 4.55. The minimum absolute atomic E-state index is 0.0682. The maximum Gasteiger partial charge on any atom is 0.0948 e. The van der Waals surface area contributed by atoms with Gasteiger partial charge >= 0.3 is 0 Å². The lowest BCUT2D eigenvalue weighted by atomic mass is 10.1. The Kier molecular flexibility index (Phi) is 2.80. The molecule has 5 heteroatoms. The molecule has 2 aliphatic heterocycles. The molecular formula is C8H15NO4. The lowest BCUT2D eigenvalue weighted by Crippen LogP contribution is -2.49. The molecule has 0 spiro atoms. The Morgan fingerprint density at radius 3 is 1.62 bits per heavy atom. The zero-order chi connectivity index (χ0) is 9.26. The van der Waals surface area contributed by atoms with Gasteiger partial charge in [-0.15, -0.1) is 0 Å². The van der Waals surface area contributed by atoms with Crippen molar-refractivity contribution in [1.82, 2.24) is 5.32 Å². The summed E-state index contributed by atoms with van der Waals surface area (Å²) in [5.74, 6) is 0. The van der Waals surface area contributed by atoms with Crippen molar-refractivity contribution in [3.8, 4) is 0 Å². The number of ether oxygens (including phenoxy) is 2. The van der Waals surface area contributed by atoms with Gasteiger partial charge in [0.05, 0.1) is 50.7 Å². The van der Waals surface area contributed by atoms with Crippen molar-refractivity contribution in [2.75, 3.05) is 26.4 Å². The zero-order valence-electron chi connectivity index (χ0n) is 7.35. The van der Waals surface area contributed by atoms with E-state index < -0.39 is 12.2 Å². The summed E-state index contributed by atoms with van der Waals surface area (Å²) in [7, 11) is 0. The smallest absolute Gasteiger partial charge is 0.0948 e. The molecule has 2 aliphatic rings. The van der Waals surface area contributed by atoms with Crippen molar-refractivity contribution in [1.29, 1.82) is 0 Å². The molecule has 0 aliphatic carbocycles. The maximum absolute atomic E-state index is 9.43. The van der Waals surface area contributed by atoms with Gasteiger partial charge < -0.3 is 25.0 Å². The van der Waals surface area contributed by atoms with Crippen molar-refractivity contribution >= 4 is 0 Å². The van der Waals surface area contributed by atoms with Crippen LogP contribution in [0.1, 0.15) is 0 Å². The first-order valence-corrected chi connectivity index (χ1v) is 4.55. The third-order valence-electron chi connectivity index (χ3n) is 2.53. The topological polar surface area (TPSA) is 71.0 Å². The van der Waals surface area contributed by atoms with E-state index in [1.807, 2.05) is 0 Å². The molecule has 0 aromatic carbocycles. The van der Waals surface area contributed by atoms with Gasteiger partial charge in [-0.05, 0) is 0 Å². The molecule has 2 rings (SSSR count). The van der Waals surface area contributed by atoms with Crippen LogP contribution in [0.4, 0.5) is 0 Å². The highest BCUT2D eigenvalue weighted by molar-refractivity contribution is 4.89. The number of hydrogen-bond donors (Lipinski definition) is 3. The monoisotopic (exact) mass is 189 g/mol. The minimum atomic E-state index is -0.465. The fourth-order valence-corrected chi connectivity index (χ4v) is 1.68. The number of hydrogen-bond acceptors (Lipinski definition) is 5. The Labute approximate surface area is 76.6 Å². The number of nitrogens with one attached hydrogen (secondary N) is 1. The van der Waals surface area contributed by atoms with Crippen LogP contribution in [0.2, 0.25) is 0 Å². The van der Waals surface area contributed by atoms with Crippen LogP contribution in [0.15, 0.2) is 0 Å². The molecule has 0 amide bonds. The highest BCUT2D eigenvalue weighted by Gasteiger charge is 2.33. The number of aliphatic hydroxyl groups is 2. The molecular weight excluding hydrogens is 174 g/mol. The Bertz CT molecular complexity index is 160. The van der Waals surface area contributed by atoms with Crippen molar-refractivity contribution in [2.24, 2.45) is 0 Å². The molecule has 4 atom stereocenters. The van der Waals surface area contributed by atoms with Crippen molar-refractivity contribution in [2.45, 2.75) is 24.3 Å². The first kappa shape index (κ1) is 9.36. The second kappa shape index (κ2) is 3.89. The van der Waals surface area contributed by atoms with Gasteiger partial charge in [-0.1, -0.05) is 0 Å². The van der Waals surface area contributed by atoms with Crippen molar-refractivity contribution in [3.05, 3.63) is 0 Å². The fraction of sp³-hybridized carbons (Fsp3) is 1.00.